The Morgan fingerprint density at radius 2 is 2.05 bits per heavy atom. The summed E-state index contributed by atoms with van der Waals surface area (Å²) in [5.74, 6) is 0.0976. The zero-order chi connectivity index (χ0) is 15.3. The minimum Gasteiger partial charge on any atom is -0.481 e. The molecule has 0 bridgehead atoms. The van der Waals surface area contributed by atoms with E-state index in [2.05, 4.69) is 17.6 Å². The summed E-state index contributed by atoms with van der Waals surface area (Å²) in [6.07, 6.45) is 6.10. The predicted molar refractivity (Wildman–Crippen MR) is 80.9 cm³/mol. The summed E-state index contributed by atoms with van der Waals surface area (Å²) in [5.41, 5.74) is 0.294. The number of carbonyl (C=O) groups is 2. The van der Waals surface area contributed by atoms with Crippen LogP contribution in [0.4, 0.5) is 0 Å². The Labute approximate surface area is 126 Å². The topological polar surface area (TPSA) is 78.4 Å². The van der Waals surface area contributed by atoms with E-state index in [0.717, 1.165) is 45.2 Å². The molecule has 2 aliphatic rings. The van der Waals surface area contributed by atoms with Gasteiger partial charge in [0.1, 0.15) is 0 Å². The van der Waals surface area contributed by atoms with Crippen molar-refractivity contribution < 1.29 is 14.7 Å². The van der Waals surface area contributed by atoms with Gasteiger partial charge in [0.25, 0.3) is 0 Å². The molecule has 1 amide bonds. The summed E-state index contributed by atoms with van der Waals surface area (Å²) in [4.78, 5) is 22.8. The van der Waals surface area contributed by atoms with E-state index >= 15 is 0 Å². The number of hydrogen-bond donors (Lipinski definition) is 3. The van der Waals surface area contributed by atoms with Gasteiger partial charge in [0, 0.05) is 18.9 Å². The molecule has 1 saturated heterocycles. The normalized spacial score (nSPS) is 24.5. The van der Waals surface area contributed by atoms with Gasteiger partial charge < -0.3 is 15.7 Å². The quantitative estimate of drug-likeness (QED) is 0.638. The van der Waals surface area contributed by atoms with Crippen LogP contribution in [0.15, 0.2) is 0 Å². The van der Waals surface area contributed by atoms with Crippen molar-refractivity contribution in [2.75, 3.05) is 19.6 Å². The maximum Gasteiger partial charge on any atom is 0.303 e. The van der Waals surface area contributed by atoms with Crippen molar-refractivity contribution in [3.8, 4) is 0 Å². The number of aliphatic carboxylic acids is 1. The SMILES string of the molecule is CCC(CCNC(=O)C1CC12CCNCC2)CCC(=O)O. The highest BCUT2D eigenvalue weighted by molar-refractivity contribution is 5.82. The van der Waals surface area contributed by atoms with E-state index < -0.39 is 5.97 Å². The van der Waals surface area contributed by atoms with Crippen molar-refractivity contribution in [1.29, 1.82) is 0 Å². The average Bonchev–Trinajstić information content (AvgIpc) is 3.16. The third-order valence-corrected chi connectivity index (χ3v) is 5.30. The van der Waals surface area contributed by atoms with Crippen molar-refractivity contribution in [2.45, 2.75) is 51.9 Å². The summed E-state index contributed by atoms with van der Waals surface area (Å²) >= 11 is 0. The van der Waals surface area contributed by atoms with Crippen LogP contribution in [-0.2, 0) is 9.59 Å². The number of carbonyl (C=O) groups excluding carboxylic acids is 1. The molecule has 0 aromatic rings. The Morgan fingerprint density at radius 3 is 2.67 bits per heavy atom. The fraction of sp³-hybridized carbons (Fsp3) is 0.875. The molecule has 1 spiro atoms. The fourth-order valence-corrected chi connectivity index (χ4v) is 3.60. The van der Waals surface area contributed by atoms with E-state index in [4.69, 9.17) is 5.11 Å². The zero-order valence-electron chi connectivity index (χ0n) is 13.0. The molecule has 5 heteroatoms. The van der Waals surface area contributed by atoms with Gasteiger partial charge in [-0.1, -0.05) is 13.3 Å². The van der Waals surface area contributed by atoms with Gasteiger partial charge in [0.05, 0.1) is 0 Å². The van der Waals surface area contributed by atoms with Gasteiger partial charge in [-0.15, -0.1) is 0 Å². The van der Waals surface area contributed by atoms with Crippen molar-refractivity contribution in [3.05, 3.63) is 0 Å². The maximum atomic E-state index is 12.2. The van der Waals surface area contributed by atoms with E-state index in [0.29, 0.717) is 24.3 Å². The highest BCUT2D eigenvalue weighted by atomic mass is 16.4. The molecule has 1 saturated carbocycles. The van der Waals surface area contributed by atoms with Gasteiger partial charge in [-0.25, -0.2) is 0 Å². The molecule has 0 aromatic heterocycles. The van der Waals surface area contributed by atoms with Crippen LogP contribution in [0.3, 0.4) is 0 Å². The van der Waals surface area contributed by atoms with Crippen molar-refractivity contribution in [1.82, 2.24) is 10.6 Å². The van der Waals surface area contributed by atoms with Crippen molar-refractivity contribution in [3.63, 3.8) is 0 Å². The molecule has 0 radical (unpaired) electrons. The largest absolute Gasteiger partial charge is 0.481 e. The van der Waals surface area contributed by atoms with Gasteiger partial charge in [0.2, 0.25) is 5.91 Å². The lowest BCUT2D eigenvalue weighted by Gasteiger charge is -2.23. The maximum absolute atomic E-state index is 12.2. The third kappa shape index (κ3) is 4.43. The Kier molecular flexibility index (Phi) is 5.62. The smallest absolute Gasteiger partial charge is 0.303 e. The molecular formula is C16H28N2O3. The van der Waals surface area contributed by atoms with Crippen LogP contribution in [0.1, 0.15) is 51.9 Å². The number of piperidine rings is 1. The molecule has 2 unspecified atom stereocenters. The Hall–Kier alpha value is -1.10. The van der Waals surface area contributed by atoms with Gasteiger partial charge >= 0.3 is 5.97 Å². The minimum absolute atomic E-state index is 0.213. The average molecular weight is 296 g/mol. The Balaban J connectivity index is 1.64. The van der Waals surface area contributed by atoms with Crippen molar-refractivity contribution >= 4 is 11.9 Å². The van der Waals surface area contributed by atoms with E-state index in [-0.39, 0.29) is 18.2 Å². The minimum atomic E-state index is -0.733. The lowest BCUT2D eigenvalue weighted by atomic mass is 9.91. The second kappa shape index (κ2) is 7.25. The van der Waals surface area contributed by atoms with E-state index in [9.17, 15) is 9.59 Å². The third-order valence-electron chi connectivity index (χ3n) is 5.30. The van der Waals surface area contributed by atoms with Crippen LogP contribution < -0.4 is 10.6 Å². The molecule has 3 N–H and O–H groups in total. The highest BCUT2D eigenvalue weighted by Gasteiger charge is 2.57. The number of carboxylic acid groups (broad SMARTS) is 1. The molecule has 1 aliphatic carbocycles. The van der Waals surface area contributed by atoms with Crippen LogP contribution in [0.2, 0.25) is 0 Å². The standard InChI is InChI=1S/C16H28N2O3/c1-2-12(3-4-14(19)20)5-8-18-15(21)13-11-16(13)6-9-17-10-7-16/h12-13,17H,2-11H2,1H3,(H,18,21)(H,19,20). The summed E-state index contributed by atoms with van der Waals surface area (Å²) in [6.45, 7) is 4.84. The lowest BCUT2D eigenvalue weighted by molar-refractivity contribution is -0.137. The van der Waals surface area contributed by atoms with Crippen LogP contribution in [-0.4, -0.2) is 36.6 Å². The molecule has 5 nitrogen and oxygen atoms in total. The van der Waals surface area contributed by atoms with Gasteiger partial charge in [-0.3, -0.25) is 9.59 Å². The monoisotopic (exact) mass is 296 g/mol. The molecular weight excluding hydrogens is 268 g/mol. The Morgan fingerprint density at radius 1 is 1.33 bits per heavy atom. The van der Waals surface area contributed by atoms with Gasteiger partial charge in [0.15, 0.2) is 0 Å². The van der Waals surface area contributed by atoms with E-state index in [1.54, 1.807) is 0 Å². The second-order valence-corrected chi connectivity index (χ2v) is 6.66. The number of hydrogen-bond acceptors (Lipinski definition) is 3. The van der Waals surface area contributed by atoms with E-state index in [1.165, 1.54) is 0 Å². The molecule has 1 aliphatic heterocycles. The first kappa shape index (κ1) is 16.3. The molecule has 2 atom stereocenters. The van der Waals surface area contributed by atoms with Crippen LogP contribution in [0, 0.1) is 17.3 Å². The molecule has 21 heavy (non-hydrogen) atoms. The summed E-state index contributed by atoms with van der Waals surface area (Å²) in [6, 6.07) is 0. The Bertz CT molecular complexity index is 378. The first-order chi connectivity index (χ1) is 10.1. The van der Waals surface area contributed by atoms with Crippen LogP contribution in [0.5, 0.6) is 0 Å². The molecule has 2 fully saturated rings. The summed E-state index contributed by atoms with van der Waals surface area (Å²) in [5, 5.41) is 15.1. The molecule has 2 rings (SSSR count). The molecule has 0 aromatic carbocycles. The van der Waals surface area contributed by atoms with Gasteiger partial charge in [-0.2, -0.15) is 0 Å². The predicted octanol–water partition coefficient (Wildman–Crippen LogP) is 1.77. The van der Waals surface area contributed by atoms with Crippen LogP contribution in [0.25, 0.3) is 0 Å². The number of carboxylic acids is 1. The zero-order valence-corrected chi connectivity index (χ0v) is 13.0. The van der Waals surface area contributed by atoms with Crippen LogP contribution >= 0.6 is 0 Å². The lowest BCUT2D eigenvalue weighted by Crippen LogP contribution is -2.34. The summed E-state index contributed by atoms with van der Waals surface area (Å²) < 4.78 is 0. The number of rotatable bonds is 8. The fourth-order valence-electron chi connectivity index (χ4n) is 3.60. The first-order valence-electron chi connectivity index (χ1n) is 8.27. The molecule has 120 valence electrons. The highest BCUT2D eigenvalue weighted by Crippen LogP contribution is 2.58. The second-order valence-electron chi connectivity index (χ2n) is 6.66. The van der Waals surface area contributed by atoms with Gasteiger partial charge in [-0.05, 0) is 56.5 Å². The van der Waals surface area contributed by atoms with Crippen molar-refractivity contribution in [2.24, 2.45) is 17.3 Å². The van der Waals surface area contributed by atoms with E-state index in [1.807, 2.05) is 0 Å². The molecule has 1 heterocycles. The number of nitrogens with one attached hydrogen (secondary N) is 2. The number of amides is 1. The first-order valence-corrected chi connectivity index (χ1v) is 8.27. The summed E-state index contributed by atoms with van der Waals surface area (Å²) in [7, 11) is 0.